The molecular weight excluding hydrogens is 332 g/mol. The quantitative estimate of drug-likeness (QED) is 0.684. The molecule has 1 atom stereocenters. The fraction of sp³-hybridized carbons (Fsp3) is 0.500. The maximum absolute atomic E-state index is 9.94. The van der Waals surface area contributed by atoms with Crippen LogP contribution in [-0.4, -0.2) is 32.8 Å². The van der Waals surface area contributed by atoms with Crippen molar-refractivity contribution in [1.29, 1.82) is 0 Å². The minimum Gasteiger partial charge on any atom is -0.394 e. The molecule has 3 nitrogen and oxygen atoms in total. The van der Waals surface area contributed by atoms with Crippen LogP contribution in [0.4, 0.5) is 0 Å². The Morgan fingerprint density at radius 2 is 1.81 bits per heavy atom. The summed E-state index contributed by atoms with van der Waals surface area (Å²) >= 11 is 0. The van der Waals surface area contributed by atoms with Gasteiger partial charge in [-0.1, -0.05) is 51.1 Å². The van der Waals surface area contributed by atoms with Gasteiger partial charge in [-0.25, -0.2) is 0 Å². The van der Waals surface area contributed by atoms with Gasteiger partial charge in [-0.05, 0) is 48.4 Å². The first-order valence-electron chi connectivity index (χ1n) is 10.0. The van der Waals surface area contributed by atoms with Crippen LogP contribution in [0, 0.1) is 0 Å². The lowest BCUT2D eigenvalue weighted by molar-refractivity contribution is 0.0637. The van der Waals surface area contributed by atoms with Crippen LogP contribution in [0.25, 0.3) is 0 Å². The lowest BCUT2D eigenvalue weighted by atomic mass is 9.87. The van der Waals surface area contributed by atoms with Gasteiger partial charge < -0.3 is 9.67 Å². The predicted molar refractivity (Wildman–Crippen MR) is 113 cm³/mol. The third-order valence-corrected chi connectivity index (χ3v) is 5.83. The van der Waals surface area contributed by atoms with E-state index in [4.69, 9.17) is 0 Å². The Balaban J connectivity index is 1.76. The zero-order chi connectivity index (χ0) is 19.7. The summed E-state index contributed by atoms with van der Waals surface area (Å²) in [5.74, 6) is 0. The number of hydrogen-bond acceptors (Lipinski definition) is 2. The molecule has 0 spiro atoms. The second-order valence-corrected chi connectivity index (χ2v) is 9.15. The van der Waals surface area contributed by atoms with Crippen LogP contribution < -0.4 is 0 Å². The summed E-state index contributed by atoms with van der Waals surface area (Å²) in [5.41, 5.74) is 3.77. The molecule has 146 valence electrons. The molecule has 1 unspecified atom stereocenters. The molecule has 3 rings (SSSR count). The highest BCUT2D eigenvalue weighted by molar-refractivity contribution is 5.28. The van der Waals surface area contributed by atoms with Gasteiger partial charge in [0.1, 0.15) is 0 Å². The lowest BCUT2D eigenvalue weighted by Crippen LogP contribution is -2.48. The highest BCUT2D eigenvalue weighted by atomic mass is 16.3. The fourth-order valence-corrected chi connectivity index (χ4v) is 3.61. The summed E-state index contributed by atoms with van der Waals surface area (Å²) in [6.07, 6.45) is 6.46. The first-order valence-corrected chi connectivity index (χ1v) is 10.0. The van der Waals surface area contributed by atoms with Crippen LogP contribution >= 0.6 is 0 Å². The summed E-state index contributed by atoms with van der Waals surface area (Å²) in [5, 5.41) is 9.94. The van der Waals surface area contributed by atoms with Gasteiger partial charge in [0.05, 0.1) is 12.1 Å². The SMILES string of the molecule is C=CC(C)(CO)N(Cc1cccn1Cc1ccc(C(C)(C)C)cc1)C1CC1. The van der Waals surface area contributed by atoms with Crippen LogP contribution in [0.5, 0.6) is 0 Å². The molecule has 0 radical (unpaired) electrons. The largest absolute Gasteiger partial charge is 0.394 e. The van der Waals surface area contributed by atoms with Crippen molar-refractivity contribution in [2.24, 2.45) is 0 Å². The van der Waals surface area contributed by atoms with Crippen LogP contribution in [0.3, 0.4) is 0 Å². The molecule has 1 heterocycles. The zero-order valence-electron chi connectivity index (χ0n) is 17.3. The maximum atomic E-state index is 9.94. The van der Waals surface area contributed by atoms with E-state index in [2.05, 4.69) is 86.3 Å². The molecule has 0 aliphatic heterocycles. The lowest BCUT2D eigenvalue weighted by Gasteiger charge is -2.38. The smallest absolute Gasteiger partial charge is 0.0648 e. The molecule has 1 aliphatic rings. The van der Waals surface area contributed by atoms with Crippen LogP contribution in [0.15, 0.2) is 55.3 Å². The second-order valence-electron chi connectivity index (χ2n) is 9.15. The van der Waals surface area contributed by atoms with Crippen LogP contribution in [0.2, 0.25) is 0 Å². The minimum atomic E-state index is -0.370. The topological polar surface area (TPSA) is 28.4 Å². The molecule has 1 N–H and O–H groups in total. The van der Waals surface area contributed by atoms with Gasteiger partial charge in [-0.3, -0.25) is 4.90 Å². The van der Waals surface area contributed by atoms with Crippen LogP contribution in [-0.2, 0) is 18.5 Å². The van der Waals surface area contributed by atoms with Gasteiger partial charge in [0, 0.05) is 31.0 Å². The number of hydrogen-bond donors (Lipinski definition) is 1. The molecule has 0 bridgehead atoms. The van der Waals surface area contributed by atoms with Crippen molar-refractivity contribution in [2.45, 2.75) is 70.6 Å². The highest BCUT2D eigenvalue weighted by Gasteiger charge is 2.39. The van der Waals surface area contributed by atoms with Crippen molar-refractivity contribution in [1.82, 2.24) is 9.47 Å². The fourth-order valence-electron chi connectivity index (χ4n) is 3.61. The molecule has 1 aromatic carbocycles. The third kappa shape index (κ3) is 4.53. The summed E-state index contributed by atoms with van der Waals surface area (Å²) in [6, 6.07) is 13.8. The molecule has 1 aliphatic carbocycles. The van der Waals surface area contributed by atoms with Gasteiger partial charge in [-0.2, -0.15) is 0 Å². The summed E-state index contributed by atoms with van der Waals surface area (Å²) in [7, 11) is 0. The van der Waals surface area contributed by atoms with E-state index in [0.29, 0.717) is 6.04 Å². The monoisotopic (exact) mass is 366 g/mol. The van der Waals surface area contributed by atoms with E-state index < -0.39 is 0 Å². The van der Waals surface area contributed by atoms with E-state index >= 15 is 0 Å². The van der Waals surface area contributed by atoms with Gasteiger partial charge in [0.15, 0.2) is 0 Å². The number of aliphatic hydroxyl groups excluding tert-OH is 1. The minimum absolute atomic E-state index is 0.0992. The van der Waals surface area contributed by atoms with E-state index in [-0.39, 0.29) is 17.6 Å². The third-order valence-electron chi connectivity index (χ3n) is 5.83. The average molecular weight is 367 g/mol. The maximum Gasteiger partial charge on any atom is 0.0648 e. The molecule has 0 saturated heterocycles. The molecule has 1 saturated carbocycles. The van der Waals surface area contributed by atoms with Gasteiger partial charge >= 0.3 is 0 Å². The van der Waals surface area contributed by atoms with Crippen molar-refractivity contribution in [2.75, 3.05) is 6.61 Å². The van der Waals surface area contributed by atoms with Crippen molar-refractivity contribution in [3.05, 3.63) is 72.1 Å². The van der Waals surface area contributed by atoms with E-state index in [1.165, 1.54) is 29.7 Å². The molecule has 27 heavy (non-hydrogen) atoms. The normalized spacial score (nSPS) is 17.1. The Hall–Kier alpha value is -1.84. The first-order chi connectivity index (χ1) is 12.8. The summed E-state index contributed by atoms with van der Waals surface area (Å²) in [4.78, 5) is 2.41. The van der Waals surface area contributed by atoms with Gasteiger partial charge in [0.25, 0.3) is 0 Å². The molecule has 1 fully saturated rings. The van der Waals surface area contributed by atoms with Crippen molar-refractivity contribution >= 4 is 0 Å². The first kappa shape index (κ1) is 19.9. The predicted octanol–water partition coefficient (Wildman–Crippen LogP) is 4.74. The number of benzene rings is 1. The number of aliphatic hydroxyl groups is 1. The standard InChI is InChI=1S/C24H34N2O/c1-6-24(5,18-27)26(21-13-14-21)17-22-8-7-15-25(22)16-19-9-11-20(12-10-19)23(2,3)4/h6-12,15,21,27H,1,13-14,16-18H2,2-5H3. The number of nitrogens with zero attached hydrogens (tertiary/aromatic N) is 2. The summed E-state index contributed by atoms with van der Waals surface area (Å²) < 4.78 is 2.32. The van der Waals surface area contributed by atoms with Crippen molar-refractivity contribution < 1.29 is 5.11 Å². The molecular formula is C24H34N2O. The van der Waals surface area contributed by atoms with Gasteiger partial charge in [-0.15, -0.1) is 6.58 Å². The second kappa shape index (κ2) is 7.65. The van der Waals surface area contributed by atoms with E-state index in [1.807, 2.05) is 6.08 Å². The Labute approximate surface area is 164 Å². The molecule has 1 aromatic heterocycles. The Kier molecular flexibility index (Phi) is 5.64. The average Bonchev–Trinajstić information content (AvgIpc) is 3.39. The van der Waals surface area contributed by atoms with E-state index in [1.54, 1.807) is 0 Å². The molecule has 0 amide bonds. The molecule has 3 heteroatoms. The zero-order valence-corrected chi connectivity index (χ0v) is 17.3. The van der Waals surface area contributed by atoms with E-state index in [0.717, 1.165) is 13.1 Å². The van der Waals surface area contributed by atoms with Crippen LogP contribution in [0.1, 0.15) is 57.4 Å². The van der Waals surface area contributed by atoms with Crippen molar-refractivity contribution in [3.8, 4) is 0 Å². The van der Waals surface area contributed by atoms with Gasteiger partial charge in [0.2, 0.25) is 0 Å². The molecule has 2 aromatic rings. The summed E-state index contributed by atoms with van der Waals surface area (Å²) in [6.45, 7) is 14.6. The van der Waals surface area contributed by atoms with Crippen molar-refractivity contribution in [3.63, 3.8) is 0 Å². The Bertz CT molecular complexity index is 764. The Morgan fingerprint density at radius 3 is 2.33 bits per heavy atom. The highest BCUT2D eigenvalue weighted by Crippen LogP contribution is 2.35. The number of aromatic nitrogens is 1. The Morgan fingerprint density at radius 1 is 1.15 bits per heavy atom. The van der Waals surface area contributed by atoms with E-state index in [9.17, 15) is 5.11 Å². The number of rotatable bonds is 8.